The third-order valence-electron chi connectivity index (χ3n) is 3.05. The smallest absolute Gasteiger partial charge is 0.333 e. The molecule has 0 aliphatic rings. The Morgan fingerprint density at radius 1 is 1.14 bits per heavy atom. The molecule has 0 amide bonds. The number of ether oxygens (including phenoxy) is 2. The van der Waals surface area contributed by atoms with Crippen LogP contribution in [0.5, 0.6) is 0 Å². The van der Waals surface area contributed by atoms with E-state index in [0.29, 0.717) is 18.8 Å². The van der Waals surface area contributed by atoms with Gasteiger partial charge in [-0.1, -0.05) is 30.3 Å². The highest BCUT2D eigenvalue weighted by atomic mass is 31.2. The van der Waals surface area contributed by atoms with Crippen molar-refractivity contribution >= 4 is 7.60 Å². The molecule has 1 aromatic carbocycles. The van der Waals surface area contributed by atoms with E-state index in [-0.39, 0.29) is 13.2 Å². The lowest BCUT2D eigenvalue weighted by atomic mass is 10.1. The van der Waals surface area contributed by atoms with Crippen molar-refractivity contribution in [1.82, 2.24) is 0 Å². The number of aliphatic hydroxyl groups excluding tert-OH is 1. The monoisotopic (exact) mass is 318 g/mol. The maximum Gasteiger partial charge on any atom is 0.333 e. The Labute approximate surface area is 125 Å². The Balaban J connectivity index is 2.44. The van der Waals surface area contributed by atoms with E-state index in [9.17, 15) is 14.6 Å². The SMILES string of the molecule is COCCOCCOP(=O)(O)[C@@H](C)[C@H](O)c1ccccc1. The van der Waals surface area contributed by atoms with Crippen LogP contribution in [0.15, 0.2) is 30.3 Å². The minimum absolute atomic E-state index is 0.0106. The molecule has 0 spiro atoms. The second-order valence-electron chi connectivity index (χ2n) is 4.60. The van der Waals surface area contributed by atoms with E-state index in [1.165, 1.54) is 6.92 Å². The van der Waals surface area contributed by atoms with E-state index in [1.807, 2.05) is 6.07 Å². The molecule has 21 heavy (non-hydrogen) atoms. The lowest BCUT2D eigenvalue weighted by molar-refractivity contribution is 0.0507. The molecule has 0 saturated carbocycles. The van der Waals surface area contributed by atoms with Gasteiger partial charge in [0.15, 0.2) is 0 Å². The summed E-state index contributed by atoms with van der Waals surface area (Å²) in [5, 5.41) is 10.1. The summed E-state index contributed by atoms with van der Waals surface area (Å²) in [7, 11) is -2.36. The Bertz CT molecular complexity index is 438. The molecule has 7 heteroatoms. The van der Waals surface area contributed by atoms with E-state index in [1.54, 1.807) is 31.4 Å². The minimum Gasteiger partial charge on any atom is -0.387 e. The second kappa shape index (κ2) is 9.30. The van der Waals surface area contributed by atoms with E-state index >= 15 is 0 Å². The predicted octanol–water partition coefficient (Wildman–Crippen LogP) is 1.97. The van der Waals surface area contributed by atoms with Crippen LogP contribution >= 0.6 is 7.60 Å². The van der Waals surface area contributed by atoms with Crippen LogP contribution in [0.3, 0.4) is 0 Å². The molecule has 0 aromatic heterocycles. The van der Waals surface area contributed by atoms with Gasteiger partial charge in [-0.25, -0.2) is 0 Å². The second-order valence-corrected chi connectivity index (χ2v) is 6.80. The van der Waals surface area contributed by atoms with Gasteiger partial charge in [0.1, 0.15) is 0 Å². The molecule has 0 aliphatic heterocycles. The lowest BCUT2D eigenvalue weighted by Gasteiger charge is -2.24. The van der Waals surface area contributed by atoms with Crippen LogP contribution in [0.1, 0.15) is 18.6 Å². The molecular weight excluding hydrogens is 295 g/mol. The molecule has 0 heterocycles. The summed E-state index contributed by atoms with van der Waals surface area (Å²) in [4.78, 5) is 9.91. The molecule has 120 valence electrons. The third-order valence-corrected chi connectivity index (χ3v) is 4.91. The zero-order chi connectivity index (χ0) is 15.7. The summed E-state index contributed by atoms with van der Waals surface area (Å²) in [6, 6.07) is 8.74. The lowest BCUT2D eigenvalue weighted by Crippen LogP contribution is -2.18. The maximum absolute atomic E-state index is 12.1. The highest BCUT2D eigenvalue weighted by Gasteiger charge is 2.34. The summed E-state index contributed by atoms with van der Waals surface area (Å²) >= 11 is 0. The number of rotatable bonds is 10. The van der Waals surface area contributed by atoms with Crippen molar-refractivity contribution in [3.63, 3.8) is 0 Å². The van der Waals surface area contributed by atoms with Crippen molar-refractivity contribution in [3.05, 3.63) is 35.9 Å². The maximum atomic E-state index is 12.1. The Hall–Kier alpha value is -0.750. The molecule has 0 aliphatic carbocycles. The number of hydrogen-bond donors (Lipinski definition) is 2. The van der Waals surface area contributed by atoms with Crippen molar-refractivity contribution in [2.75, 3.05) is 33.5 Å². The summed E-state index contributed by atoms with van der Waals surface area (Å²) < 4.78 is 27.1. The van der Waals surface area contributed by atoms with Gasteiger partial charge >= 0.3 is 7.60 Å². The summed E-state index contributed by atoms with van der Waals surface area (Å²) in [6.07, 6.45) is -1.06. The summed E-state index contributed by atoms with van der Waals surface area (Å²) in [6.45, 7) is 2.54. The fourth-order valence-corrected chi connectivity index (χ4v) is 2.80. The van der Waals surface area contributed by atoms with Gasteiger partial charge in [0, 0.05) is 7.11 Å². The average Bonchev–Trinajstić information content (AvgIpc) is 2.50. The number of hydrogen-bond acceptors (Lipinski definition) is 5. The minimum atomic E-state index is -3.92. The van der Waals surface area contributed by atoms with Gasteiger partial charge < -0.3 is 24.0 Å². The van der Waals surface area contributed by atoms with Crippen LogP contribution in [0.4, 0.5) is 0 Å². The van der Waals surface area contributed by atoms with Crippen molar-refractivity contribution in [1.29, 1.82) is 0 Å². The topological polar surface area (TPSA) is 85.2 Å². The first-order chi connectivity index (χ1) is 9.99. The molecular formula is C14H23O6P. The largest absolute Gasteiger partial charge is 0.387 e. The van der Waals surface area contributed by atoms with Gasteiger partial charge in [0.2, 0.25) is 0 Å². The van der Waals surface area contributed by atoms with Crippen LogP contribution in [0, 0.1) is 0 Å². The van der Waals surface area contributed by atoms with Crippen LogP contribution in [-0.4, -0.2) is 49.2 Å². The fourth-order valence-electron chi connectivity index (χ4n) is 1.70. The standard InChI is InChI=1S/C14H23O6P/c1-12(14(15)13-6-4-3-5-7-13)21(16,17)20-11-10-19-9-8-18-2/h3-7,12,14-15H,8-11H2,1-2H3,(H,16,17)/t12-,14-/m0/s1. The van der Waals surface area contributed by atoms with Crippen LogP contribution in [0.2, 0.25) is 0 Å². The number of benzene rings is 1. The van der Waals surface area contributed by atoms with Gasteiger partial charge in [-0.2, -0.15) is 0 Å². The van der Waals surface area contributed by atoms with E-state index in [0.717, 1.165) is 0 Å². The van der Waals surface area contributed by atoms with E-state index in [2.05, 4.69) is 0 Å². The molecule has 1 rings (SSSR count). The fraction of sp³-hybridized carbons (Fsp3) is 0.571. The van der Waals surface area contributed by atoms with Gasteiger partial charge in [-0.3, -0.25) is 4.57 Å². The van der Waals surface area contributed by atoms with E-state index in [4.69, 9.17) is 14.0 Å². The average molecular weight is 318 g/mol. The van der Waals surface area contributed by atoms with Crippen LogP contribution in [-0.2, 0) is 18.6 Å². The molecule has 0 saturated heterocycles. The zero-order valence-corrected chi connectivity index (χ0v) is 13.2. The Morgan fingerprint density at radius 3 is 2.38 bits per heavy atom. The first-order valence-electron chi connectivity index (χ1n) is 6.75. The number of aliphatic hydroxyl groups is 1. The van der Waals surface area contributed by atoms with Crippen molar-refractivity contribution < 1.29 is 28.6 Å². The normalized spacial score (nSPS) is 17.1. The van der Waals surface area contributed by atoms with Gasteiger partial charge in [-0.15, -0.1) is 0 Å². The molecule has 0 bridgehead atoms. The third kappa shape index (κ3) is 6.26. The van der Waals surface area contributed by atoms with Crippen LogP contribution in [0.25, 0.3) is 0 Å². The van der Waals surface area contributed by atoms with Gasteiger partial charge in [0.05, 0.1) is 38.2 Å². The van der Waals surface area contributed by atoms with Gasteiger partial charge in [0.25, 0.3) is 0 Å². The molecule has 1 aromatic rings. The molecule has 2 N–H and O–H groups in total. The summed E-state index contributed by atoms with van der Waals surface area (Å²) in [5.74, 6) is 0. The van der Waals surface area contributed by atoms with Crippen molar-refractivity contribution in [2.24, 2.45) is 0 Å². The molecule has 0 radical (unpaired) electrons. The predicted molar refractivity (Wildman–Crippen MR) is 79.3 cm³/mol. The zero-order valence-electron chi connectivity index (χ0n) is 12.3. The molecule has 1 unspecified atom stereocenters. The molecule has 0 fully saturated rings. The van der Waals surface area contributed by atoms with Crippen molar-refractivity contribution in [3.8, 4) is 0 Å². The molecule has 6 nitrogen and oxygen atoms in total. The quantitative estimate of drug-likeness (QED) is 0.507. The summed E-state index contributed by atoms with van der Waals surface area (Å²) in [5.41, 5.74) is -0.335. The van der Waals surface area contributed by atoms with Gasteiger partial charge in [-0.05, 0) is 12.5 Å². The highest BCUT2D eigenvalue weighted by Crippen LogP contribution is 2.51. The first kappa shape index (κ1) is 18.3. The Kier molecular flexibility index (Phi) is 8.11. The Morgan fingerprint density at radius 2 is 1.76 bits per heavy atom. The number of methoxy groups -OCH3 is 1. The highest BCUT2D eigenvalue weighted by molar-refractivity contribution is 7.53. The van der Waals surface area contributed by atoms with Crippen LogP contribution < -0.4 is 0 Å². The van der Waals surface area contributed by atoms with Crippen molar-refractivity contribution in [2.45, 2.75) is 18.7 Å². The first-order valence-corrected chi connectivity index (χ1v) is 8.40. The van der Waals surface area contributed by atoms with E-state index < -0.39 is 19.4 Å². The molecule has 3 atom stereocenters.